The number of hydrogen-bond donors (Lipinski definition) is 7. The van der Waals surface area contributed by atoms with E-state index in [-0.39, 0.29) is 108 Å². The van der Waals surface area contributed by atoms with Crippen molar-refractivity contribution in [1.82, 2.24) is 55.6 Å². The normalized spacial score (nSPS) is 15.1. The number of halogens is 8. The summed E-state index contributed by atoms with van der Waals surface area (Å²) in [6, 6.07) is 66.1. The van der Waals surface area contributed by atoms with Gasteiger partial charge in [-0.15, -0.1) is 0 Å². The summed E-state index contributed by atoms with van der Waals surface area (Å²) in [5.74, 6) is -2.17. The molecule has 7 N–H and O–H groups in total. The minimum Gasteiger partial charge on any atom is -0.378 e. The van der Waals surface area contributed by atoms with Gasteiger partial charge in [0.05, 0.1) is 98.4 Å². The number of piperazine rings is 2. The molecule has 0 spiro atoms. The highest BCUT2D eigenvalue weighted by Crippen LogP contribution is 2.36. The molecule has 0 radical (unpaired) electrons. The summed E-state index contributed by atoms with van der Waals surface area (Å²) in [4.78, 5) is 129. The average Bonchev–Trinajstić information content (AvgIpc) is 0.840. The average molecular weight is 1900 g/mol. The standard InChI is InChI=1S/2C25H24Cl2N4O2.C25H18Cl2N4O2.C23H19Cl2N3O3/c2*1-15-13-31(14-16(2)29-15)25(33)17-6-8-19(22(27)11-17)24(32)30-18-7-9-21(26)20(12-18)23-5-3-4-10-28-23;26-21-9-7-18(13-20(21)23-5-1-2-11-29-23)31-25(33)19-8-6-17(12-22(19)27)24(32)30-15-16-4-3-10-28-14-16;24-19-7-5-16(14-18(19)21-3-1-2-8-26-21)27-22(29)17-6-4-15(13-20(17)25)23(30)28-9-11-31-12-10-28/h2*3-12,15-16,29H,13-14H2,1-2H3,(H,30,32);1-14H,15H2,(H,30,32)(H,31,33);1-8,13-14H,9-12H2,(H,27,29). The molecule has 16 rings (SSSR count). The molecular formula is C98H85Cl8N15O9. The molecule has 3 saturated heterocycles. The third-order valence-corrected chi connectivity index (χ3v) is 23.3. The van der Waals surface area contributed by atoms with Crippen LogP contribution in [0.5, 0.6) is 0 Å². The van der Waals surface area contributed by atoms with Gasteiger partial charge in [-0.1, -0.05) is 123 Å². The molecule has 5 aromatic heterocycles. The molecule has 8 aromatic carbocycles. The van der Waals surface area contributed by atoms with Crippen LogP contribution in [-0.4, -0.2) is 164 Å². The molecule has 3 aliphatic heterocycles. The zero-order valence-electron chi connectivity index (χ0n) is 70.4. The van der Waals surface area contributed by atoms with E-state index >= 15 is 0 Å². The Morgan fingerprint density at radius 1 is 0.331 bits per heavy atom. The van der Waals surface area contributed by atoms with Crippen LogP contribution in [0.2, 0.25) is 40.2 Å². The molecule has 8 heterocycles. The third kappa shape index (κ3) is 25.3. The van der Waals surface area contributed by atoms with Crippen molar-refractivity contribution < 1.29 is 43.1 Å². The van der Waals surface area contributed by atoms with Crippen LogP contribution in [0.25, 0.3) is 45.0 Å². The van der Waals surface area contributed by atoms with Crippen molar-refractivity contribution in [3.05, 3.63) is 358 Å². The Kier molecular flexibility index (Phi) is 33.0. The molecule has 3 fully saturated rings. The topological polar surface area (TPSA) is 304 Å². The number of benzene rings is 8. The Bertz CT molecular complexity index is 6090. The molecule has 4 unspecified atom stereocenters. The number of aromatic nitrogens is 5. The number of nitrogens with zero attached hydrogens (tertiary/aromatic N) is 8. The Morgan fingerprint density at radius 3 is 0.915 bits per heavy atom. The molecule has 24 nitrogen and oxygen atoms in total. The first-order valence-corrected chi connectivity index (χ1v) is 44.1. The van der Waals surface area contributed by atoms with Gasteiger partial charge in [-0.05, 0) is 233 Å². The number of anilines is 4. The fourth-order valence-electron chi connectivity index (χ4n) is 14.5. The molecule has 0 aliphatic carbocycles. The molecule has 662 valence electrons. The van der Waals surface area contributed by atoms with Gasteiger partial charge in [0.1, 0.15) is 0 Å². The van der Waals surface area contributed by atoms with Crippen molar-refractivity contribution >= 4 is 163 Å². The monoisotopic (exact) mass is 1900 g/mol. The number of pyridine rings is 5. The van der Waals surface area contributed by atoms with Crippen LogP contribution in [0.15, 0.2) is 268 Å². The summed E-state index contributed by atoms with van der Waals surface area (Å²) in [6.07, 6.45) is 10.1. The minimum absolute atomic E-state index is 0.0956. The number of carbonyl (C=O) groups is 8. The van der Waals surface area contributed by atoms with Gasteiger partial charge >= 0.3 is 0 Å². The number of ether oxygens (including phenoxy) is 1. The lowest BCUT2D eigenvalue weighted by molar-refractivity contribution is 0.0302. The molecule has 13 aromatic rings. The van der Waals surface area contributed by atoms with Crippen LogP contribution < -0.4 is 37.2 Å². The number of nitrogens with one attached hydrogen (secondary N) is 7. The quantitative estimate of drug-likeness (QED) is 0.0420. The van der Waals surface area contributed by atoms with E-state index in [2.05, 4.69) is 62.1 Å². The van der Waals surface area contributed by atoms with Crippen LogP contribution in [0.3, 0.4) is 0 Å². The summed E-state index contributed by atoms with van der Waals surface area (Å²) < 4.78 is 5.28. The maximum absolute atomic E-state index is 12.9. The first-order valence-electron chi connectivity index (χ1n) is 41.1. The summed E-state index contributed by atoms with van der Waals surface area (Å²) in [7, 11) is 0. The zero-order chi connectivity index (χ0) is 92.1. The zero-order valence-corrected chi connectivity index (χ0v) is 76.4. The molecule has 3 aliphatic rings. The van der Waals surface area contributed by atoms with Crippen molar-refractivity contribution in [2.24, 2.45) is 0 Å². The summed E-state index contributed by atoms with van der Waals surface area (Å²) >= 11 is 50.7. The maximum atomic E-state index is 12.9. The SMILES string of the molecule is CC1CN(C(=O)c2ccc(C(=O)Nc3ccc(Cl)c(-c4ccccn4)c3)c(Cl)c2)CC(C)N1.CC1CN(C(=O)c2ccc(C(=O)Nc3ccc(Cl)c(-c4ccccn4)c3)c(Cl)c2)CC(C)N1.O=C(NCc1cccnc1)c1ccc(C(=O)Nc2ccc(Cl)c(-c3ccccn3)c2)c(Cl)c1.O=C(Nc1ccc(Cl)c(-c2ccccn2)c1)c1ccc(C(=O)N2CCOCC2)cc1Cl. The van der Waals surface area contributed by atoms with Crippen LogP contribution in [0, 0.1) is 0 Å². The van der Waals surface area contributed by atoms with Crippen LogP contribution in [0.1, 0.15) is 116 Å². The molecular weight excluding hydrogens is 1810 g/mol. The fraction of sp³-hybridized carbons (Fsp3) is 0.173. The van der Waals surface area contributed by atoms with E-state index in [0.717, 1.165) is 5.56 Å². The first-order chi connectivity index (χ1) is 62.7. The molecule has 4 atom stereocenters. The van der Waals surface area contributed by atoms with E-state index in [0.29, 0.717) is 169 Å². The second-order valence-electron chi connectivity index (χ2n) is 30.5. The Morgan fingerprint density at radius 2 is 0.631 bits per heavy atom. The van der Waals surface area contributed by atoms with Gasteiger partial charge in [0.25, 0.3) is 47.3 Å². The minimum atomic E-state index is -0.406. The van der Waals surface area contributed by atoms with E-state index in [1.807, 2.05) is 116 Å². The summed E-state index contributed by atoms with van der Waals surface area (Å²) in [5.41, 5.74) is 11.5. The second kappa shape index (κ2) is 45.1. The van der Waals surface area contributed by atoms with Crippen molar-refractivity contribution in [1.29, 1.82) is 0 Å². The van der Waals surface area contributed by atoms with Crippen molar-refractivity contribution in [3.63, 3.8) is 0 Å². The highest BCUT2D eigenvalue weighted by atomic mass is 35.5. The van der Waals surface area contributed by atoms with E-state index in [1.54, 1.807) is 176 Å². The molecule has 0 bridgehead atoms. The van der Waals surface area contributed by atoms with E-state index in [1.165, 1.54) is 18.2 Å². The van der Waals surface area contributed by atoms with Gasteiger partial charge < -0.3 is 56.7 Å². The molecule has 8 amide bonds. The molecule has 0 saturated carbocycles. The number of rotatable bonds is 18. The summed E-state index contributed by atoms with van der Waals surface area (Å²) in [6.45, 7) is 13.1. The number of amides is 8. The van der Waals surface area contributed by atoms with Crippen molar-refractivity contribution in [2.45, 2.75) is 58.4 Å². The predicted octanol–water partition coefficient (Wildman–Crippen LogP) is 20.7. The van der Waals surface area contributed by atoms with Crippen LogP contribution >= 0.6 is 92.8 Å². The highest BCUT2D eigenvalue weighted by molar-refractivity contribution is 6.38. The van der Waals surface area contributed by atoms with Gasteiger partial charge in [-0.2, -0.15) is 0 Å². The largest absolute Gasteiger partial charge is 0.378 e. The van der Waals surface area contributed by atoms with Crippen LogP contribution in [-0.2, 0) is 11.3 Å². The van der Waals surface area contributed by atoms with Gasteiger partial charge in [0.15, 0.2) is 0 Å². The lowest BCUT2D eigenvalue weighted by Gasteiger charge is -2.36. The molecule has 32 heteroatoms. The predicted molar refractivity (Wildman–Crippen MR) is 514 cm³/mol. The maximum Gasteiger partial charge on any atom is 0.257 e. The lowest BCUT2D eigenvalue weighted by Crippen LogP contribution is -2.55. The third-order valence-electron chi connectivity index (χ3n) is 20.7. The number of carbonyl (C=O) groups excluding carboxylic acids is 8. The highest BCUT2D eigenvalue weighted by Gasteiger charge is 2.30. The Labute approximate surface area is 790 Å². The Hall–Kier alpha value is -12.5. The van der Waals surface area contributed by atoms with Gasteiger partial charge in [-0.3, -0.25) is 63.3 Å². The second-order valence-corrected chi connectivity index (χ2v) is 33.8. The van der Waals surface area contributed by atoms with Crippen molar-refractivity contribution in [2.75, 3.05) is 73.7 Å². The Balaban J connectivity index is 0.000000148. The first kappa shape index (κ1) is 95.1. The van der Waals surface area contributed by atoms with E-state index in [4.69, 9.17) is 97.5 Å². The smallest absolute Gasteiger partial charge is 0.257 e. The van der Waals surface area contributed by atoms with E-state index in [9.17, 15) is 38.4 Å². The lowest BCUT2D eigenvalue weighted by atomic mass is 10.1. The van der Waals surface area contributed by atoms with Crippen LogP contribution in [0.4, 0.5) is 22.7 Å². The van der Waals surface area contributed by atoms with Gasteiger partial charge in [-0.25, -0.2) is 0 Å². The number of hydrogen-bond acceptors (Lipinski definition) is 16. The molecule has 130 heavy (non-hydrogen) atoms. The van der Waals surface area contributed by atoms with Gasteiger partial charge in [0, 0.05) is 174 Å². The van der Waals surface area contributed by atoms with Gasteiger partial charge in [0.2, 0.25) is 0 Å². The van der Waals surface area contributed by atoms with Crippen molar-refractivity contribution in [3.8, 4) is 45.0 Å². The number of morpholine rings is 1. The van der Waals surface area contributed by atoms with E-state index < -0.39 is 5.91 Å². The fourth-order valence-corrected chi connectivity index (χ4v) is 16.4. The summed E-state index contributed by atoms with van der Waals surface area (Å²) in [5, 5.41) is 23.9.